The van der Waals surface area contributed by atoms with Crippen LogP contribution >= 0.6 is 0 Å². The molecule has 0 aromatic heterocycles. The van der Waals surface area contributed by atoms with Crippen LogP contribution in [0.2, 0.25) is 0 Å². The van der Waals surface area contributed by atoms with Crippen molar-refractivity contribution >= 4 is 23.0 Å². The normalized spacial score (nSPS) is 17.5. The van der Waals surface area contributed by atoms with E-state index in [9.17, 15) is 19.3 Å². The molecule has 2 fully saturated rings. The lowest BCUT2D eigenvalue weighted by atomic mass is 10.1. The molecule has 32 heavy (non-hydrogen) atoms. The Labute approximate surface area is 187 Å². The molecule has 2 aliphatic rings. The van der Waals surface area contributed by atoms with Gasteiger partial charge in [-0.25, -0.2) is 4.39 Å². The van der Waals surface area contributed by atoms with Gasteiger partial charge in [0.2, 0.25) is 5.91 Å². The SMILES string of the molecule is CN1CCN(c2cc(N3CCN(C(=O)Cc4ccccc4)CC3)c([N+](=O)[O-])cc2F)CC1. The van der Waals surface area contributed by atoms with Gasteiger partial charge in [-0.3, -0.25) is 14.9 Å². The Hall–Kier alpha value is -3.20. The minimum absolute atomic E-state index is 0.0441. The fourth-order valence-corrected chi connectivity index (χ4v) is 4.31. The van der Waals surface area contributed by atoms with Gasteiger partial charge in [0.25, 0.3) is 5.69 Å². The highest BCUT2D eigenvalue weighted by Gasteiger charge is 2.29. The van der Waals surface area contributed by atoms with Crippen molar-refractivity contribution in [3.63, 3.8) is 0 Å². The van der Waals surface area contributed by atoms with Gasteiger partial charge in [0.05, 0.1) is 23.1 Å². The molecular formula is C23H28FN5O3. The van der Waals surface area contributed by atoms with Gasteiger partial charge < -0.3 is 19.6 Å². The average Bonchev–Trinajstić information content (AvgIpc) is 2.80. The van der Waals surface area contributed by atoms with E-state index in [1.54, 1.807) is 11.0 Å². The summed E-state index contributed by atoms with van der Waals surface area (Å²) in [4.78, 5) is 31.6. The van der Waals surface area contributed by atoms with Crippen molar-refractivity contribution in [1.82, 2.24) is 9.80 Å². The number of nitro benzene ring substituents is 1. The van der Waals surface area contributed by atoms with Gasteiger partial charge in [0.15, 0.2) is 5.82 Å². The van der Waals surface area contributed by atoms with E-state index >= 15 is 0 Å². The van der Waals surface area contributed by atoms with E-state index in [4.69, 9.17) is 0 Å². The number of halogens is 1. The number of hydrogen-bond acceptors (Lipinski definition) is 6. The average molecular weight is 442 g/mol. The van der Waals surface area contributed by atoms with E-state index in [1.165, 1.54) is 0 Å². The Morgan fingerprint density at radius 1 is 0.938 bits per heavy atom. The summed E-state index contributed by atoms with van der Waals surface area (Å²) in [5.41, 5.74) is 1.55. The van der Waals surface area contributed by atoms with Crippen LogP contribution in [0, 0.1) is 15.9 Å². The van der Waals surface area contributed by atoms with E-state index < -0.39 is 10.7 Å². The summed E-state index contributed by atoms with van der Waals surface area (Å²) in [5.74, 6) is -0.524. The van der Waals surface area contributed by atoms with E-state index in [1.807, 2.05) is 47.2 Å². The maximum Gasteiger partial charge on any atom is 0.295 e. The van der Waals surface area contributed by atoms with Gasteiger partial charge in [0, 0.05) is 52.4 Å². The number of hydrogen-bond donors (Lipinski definition) is 0. The van der Waals surface area contributed by atoms with Crippen LogP contribution in [-0.2, 0) is 11.2 Å². The van der Waals surface area contributed by atoms with Crippen LogP contribution in [0.5, 0.6) is 0 Å². The number of carbonyl (C=O) groups excluding carboxylic acids is 1. The van der Waals surface area contributed by atoms with Crippen molar-refractivity contribution < 1.29 is 14.1 Å². The first-order valence-corrected chi connectivity index (χ1v) is 10.9. The summed E-state index contributed by atoms with van der Waals surface area (Å²) in [6.45, 7) is 4.86. The van der Waals surface area contributed by atoms with Crippen molar-refractivity contribution in [1.29, 1.82) is 0 Å². The Balaban J connectivity index is 1.48. The molecule has 0 atom stereocenters. The number of rotatable bonds is 5. The van der Waals surface area contributed by atoms with Gasteiger partial charge in [-0.05, 0) is 18.7 Å². The van der Waals surface area contributed by atoms with Crippen LogP contribution < -0.4 is 9.80 Å². The third-order valence-electron chi connectivity index (χ3n) is 6.26. The Bertz CT molecular complexity index is 971. The molecule has 170 valence electrons. The number of likely N-dealkylation sites (N-methyl/N-ethyl adjacent to an activating group) is 1. The predicted octanol–water partition coefficient (Wildman–Crippen LogP) is 2.38. The molecule has 4 rings (SSSR count). The first-order chi connectivity index (χ1) is 15.4. The van der Waals surface area contributed by atoms with Crippen LogP contribution in [0.15, 0.2) is 42.5 Å². The molecule has 0 saturated carbocycles. The first kappa shape index (κ1) is 22.0. The summed E-state index contributed by atoms with van der Waals surface area (Å²) in [6, 6.07) is 12.2. The van der Waals surface area contributed by atoms with Crippen molar-refractivity contribution in [3.8, 4) is 0 Å². The summed E-state index contributed by atoms with van der Waals surface area (Å²) in [5, 5.41) is 11.7. The molecule has 2 heterocycles. The highest BCUT2D eigenvalue weighted by Crippen LogP contribution is 2.36. The van der Waals surface area contributed by atoms with E-state index in [2.05, 4.69) is 4.90 Å². The second-order valence-corrected chi connectivity index (χ2v) is 8.37. The number of amides is 1. The zero-order chi connectivity index (χ0) is 22.7. The highest BCUT2D eigenvalue weighted by molar-refractivity contribution is 5.79. The number of nitro groups is 1. The summed E-state index contributed by atoms with van der Waals surface area (Å²) in [7, 11) is 2.02. The smallest absolute Gasteiger partial charge is 0.295 e. The molecule has 8 nitrogen and oxygen atoms in total. The molecule has 2 aromatic rings. The van der Waals surface area contributed by atoms with Crippen molar-refractivity contribution in [2.75, 3.05) is 69.2 Å². The van der Waals surface area contributed by atoms with E-state index in [-0.39, 0.29) is 11.6 Å². The molecule has 2 aromatic carbocycles. The van der Waals surface area contributed by atoms with Crippen molar-refractivity contribution in [2.24, 2.45) is 0 Å². The van der Waals surface area contributed by atoms with Gasteiger partial charge >= 0.3 is 0 Å². The standard InChI is InChI=1S/C23H28FN5O3/c1-25-7-9-26(10-8-25)20-17-21(22(29(31)32)16-19(20)24)27-11-13-28(14-12-27)23(30)15-18-5-3-2-4-6-18/h2-6,16-17H,7-15H2,1H3. The fourth-order valence-electron chi connectivity index (χ4n) is 4.31. The van der Waals surface area contributed by atoms with Crippen LogP contribution in [-0.4, -0.2) is 80.0 Å². The molecule has 0 bridgehead atoms. The lowest BCUT2D eigenvalue weighted by molar-refractivity contribution is -0.384. The second kappa shape index (κ2) is 9.52. The lowest BCUT2D eigenvalue weighted by Gasteiger charge is -2.37. The molecule has 0 aliphatic carbocycles. The number of carbonyl (C=O) groups is 1. The monoisotopic (exact) mass is 441 g/mol. The van der Waals surface area contributed by atoms with Crippen LogP contribution in [0.25, 0.3) is 0 Å². The van der Waals surface area contributed by atoms with Crippen LogP contribution in [0.4, 0.5) is 21.5 Å². The fraction of sp³-hybridized carbons (Fsp3) is 0.435. The maximum atomic E-state index is 14.8. The highest BCUT2D eigenvalue weighted by atomic mass is 19.1. The molecule has 2 saturated heterocycles. The Morgan fingerprint density at radius 3 is 2.16 bits per heavy atom. The van der Waals surface area contributed by atoms with Crippen molar-refractivity contribution in [3.05, 3.63) is 64.0 Å². The molecule has 0 N–H and O–H groups in total. The zero-order valence-corrected chi connectivity index (χ0v) is 18.2. The summed E-state index contributed by atoms with van der Waals surface area (Å²) < 4.78 is 14.8. The maximum absolute atomic E-state index is 14.8. The van der Waals surface area contributed by atoms with E-state index in [0.29, 0.717) is 57.1 Å². The van der Waals surface area contributed by atoms with Crippen LogP contribution in [0.1, 0.15) is 5.56 Å². The molecule has 0 radical (unpaired) electrons. The number of nitrogens with zero attached hydrogens (tertiary/aromatic N) is 5. The molecular weight excluding hydrogens is 413 g/mol. The van der Waals surface area contributed by atoms with Gasteiger partial charge in [-0.2, -0.15) is 0 Å². The van der Waals surface area contributed by atoms with Gasteiger partial charge in [0.1, 0.15) is 5.69 Å². The lowest BCUT2D eigenvalue weighted by Crippen LogP contribution is -2.49. The number of anilines is 2. The molecule has 1 amide bonds. The van der Waals surface area contributed by atoms with Gasteiger partial charge in [-0.15, -0.1) is 0 Å². The molecule has 9 heteroatoms. The quantitative estimate of drug-likeness (QED) is 0.524. The third kappa shape index (κ3) is 4.83. The van der Waals surface area contributed by atoms with Crippen molar-refractivity contribution in [2.45, 2.75) is 6.42 Å². The van der Waals surface area contributed by atoms with Crippen LogP contribution in [0.3, 0.4) is 0 Å². The zero-order valence-electron chi connectivity index (χ0n) is 18.2. The number of piperazine rings is 2. The molecule has 2 aliphatic heterocycles. The Morgan fingerprint density at radius 2 is 1.53 bits per heavy atom. The van der Waals surface area contributed by atoms with E-state index in [0.717, 1.165) is 24.7 Å². The minimum atomic E-state index is -0.568. The topological polar surface area (TPSA) is 73.2 Å². The predicted molar refractivity (Wildman–Crippen MR) is 122 cm³/mol. The second-order valence-electron chi connectivity index (χ2n) is 8.37. The third-order valence-corrected chi connectivity index (χ3v) is 6.26. The Kier molecular flexibility index (Phi) is 6.55. The van der Waals surface area contributed by atoms with Gasteiger partial charge in [-0.1, -0.05) is 30.3 Å². The first-order valence-electron chi connectivity index (χ1n) is 10.9. The molecule has 0 unspecified atom stereocenters. The molecule has 0 spiro atoms. The summed E-state index contributed by atoms with van der Waals surface area (Å²) >= 11 is 0. The summed E-state index contributed by atoms with van der Waals surface area (Å²) in [6.07, 6.45) is 0.338. The largest absolute Gasteiger partial charge is 0.367 e. The minimum Gasteiger partial charge on any atom is -0.367 e. The number of benzene rings is 2.